The van der Waals surface area contributed by atoms with Crippen LogP contribution in [0.2, 0.25) is 0 Å². The first-order valence-electron chi connectivity index (χ1n) is 6.74. The van der Waals surface area contributed by atoms with Crippen molar-refractivity contribution in [3.63, 3.8) is 0 Å². The zero-order chi connectivity index (χ0) is 13.7. The van der Waals surface area contributed by atoms with Gasteiger partial charge in [0.1, 0.15) is 5.82 Å². The van der Waals surface area contributed by atoms with Crippen LogP contribution in [0.1, 0.15) is 5.56 Å². The van der Waals surface area contributed by atoms with E-state index in [0.717, 1.165) is 10.8 Å². The largest absolute Gasteiger partial charge is 0.207 e. The zero-order valence-electron chi connectivity index (χ0n) is 11.2. The van der Waals surface area contributed by atoms with E-state index in [2.05, 4.69) is 43.3 Å². The smallest absolute Gasteiger partial charge is 0.123 e. The van der Waals surface area contributed by atoms with Gasteiger partial charge in [-0.3, -0.25) is 0 Å². The molecule has 0 N–H and O–H groups in total. The predicted molar refractivity (Wildman–Crippen MR) is 83.7 cm³/mol. The van der Waals surface area contributed by atoms with Gasteiger partial charge in [0.05, 0.1) is 0 Å². The number of rotatable bonds is 0. The van der Waals surface area contributed by atoms with Crippen LogP contribution in [0, 0.1) is 12.7 Å². The van der Waals surface area contributed by atoms with Gasteiger partial charge in [0, 0.05) is 0 Å². The minimum Gasteiger partial charge on any atom is -0.207 e. The Labute approximate surface area is 116 Å². The monoisotopic (exact) mass is 260 g/mol. The van der Waals surface area contributed by atoms with Crippen molar-refractivity contribution in [3.05, 3.63) is 72.0 Å². The lowest BCUT2D eigenvalue weighted by Gasteiger charge is -2.10. The molecule has 4 aromatic rings. The van der Waals surface area contributed by atoms with E-state index in [1.54, 1.807) is 6.07 Å². The van der Waals surface area contributed by atoms with E-state index in [1.165, 1.54) is 33.2 Å². The molecule has 0 aromatic heterocycles. The van der Waals surface area contributed by atoms with E-state index in [0.29, 0.717) is 0 Å². The minimum absolute atomic E-state index is 0.186. The van der Waals surface area contributed by atoms with Gasteiger partial charge in [-0.15, -0.1) is 0 Å². The van der Waals surface area contributed by atoms with Crippen LogP contribution in [-0.4, -0.2) is 0 Å². The van der Waals surface area contributed by atoms with E-state index < -0.39 is 0 Å². The lowest BCUT2D eigenvalue weighted by Crippen LogP contribution is -1.85. The molecule has 20 heavy (non-hydrogen) atoms. The van der Waals surface area contributed by atoms with E-state index in [4.69, 9.17) is 0 Å². The Morgan fingerprint density at radius 3 is 2.30 bits per heavy atom. The Kier molecular flexibility index (Phi) is 2.31. The van der Waals surface area contributed by atoms with Crippen molar-refractivity contribution in [1.82, 2.24) is 0 Å². The van der Waals surface area contributed by atoms with Crippen LogP contribution in [0.3, 0.4) is 0 Å². The first-order valence-corrected chi connectivity index (χ1v) is 6.74. The molecule has 0 fully saturated rings. The summed E-state index contributed by atoms with van der Waals surface area (Å²) in [4.78, 5) is 0. The van der Waals surface area contributed by atoms with Crippen molar-refractivity contribution in [2.75, 3.05) is 0 Å². The van der Waals surface area contributed by atoms with Crippen LogP contribution in [0.4, 0.5) is 4.39 Å². The second-order valence-electron chi connectivity index (χ2n) is 5.25. The molecule has 0 bridgehead atoms. The van der Waals surface area contributed by atoms with Gasteiger partial charge in [-0.2, -0.15) is 0 Å². The van der Waals surface area contributed by atoms with Gasteiger partial charge in [0.25, 0.3) is 0 Å². The highest BCUT2D eigenvalue weighted by Gasteiger charge is 2.07. The summed E-state index contributed by atoms with van der Waals surface area (Å²) in [7, 11) is 0. The summed E-state index contributed by atoms with van der Waals surface area (Å²) in [6, 6.07) is 19.7. The van der Waals surface area contributed by atoms with Gasteiger partial charge in [-0.1, -0.05) is 42.5 Å². The van der Waals surface area contributed by atoms with Crippen molar-refractivity contribution < 1.29 is 4.39 Å². The van der Waals surface area contributed by atoms with Gasteiger partial charge in [0.2, 0.25) is 0 Å². The highest BCUT2D eigenvalue weighted by atomic mass is 19.1. The predicted octanol–water partition coefficient (Wildman–Crippen LogP) is 5.59. The summed E-state index contributed by atoms with van der Waals surface area (Å²) in [5, 5.41) is 7.00. The molecule has 0 heterocycles. The van der Waals surface area contributed by atoms with E-state index in [9.17, 15) is 4.39 Å². The molecule has 1 heteroatoms. The molecular weight excluding hydrogens is 247 g/mol. The van der Waals surface area contributed by atoms with E-state index in [1.807, 2.05) is 12.1 Å². The third-order valence-corrected chi connectivity index (χ3v) is 4.09. The first-order chi connectivity index (χ1) is 9.74. The number of halogens is 1. The second kappa shape index (κ2) is 4.04. The van der Waals surface area contributed by atoms with Crippen molar-refractivity contribution >= 4 is 32.3 Å². The topological polar surface area (TPSA) is 0 Å². The third kappa shape index (κ3) is 1.53. The molecule has 0 spiro atoms. The van der Waals surface area contributed by atoms with Crippen LogP contribution in [0.5, 0.6) is 0 Å². The average molecular weight is 260 g/mol. The minimum atomic E-state index is -0.186. The Morgan fingerprint density at radius 1 is 0.650 bits per heavy atom. The molecule has 0 saturated carbocycles. The molecule has 0 nitrogen and oxygen atoms in total. The maximum Gasteiger partial charge on any atom is 0.123 e. The number of fused-ring (bicyclic) bond motifs is 4. The van der Waals surface area contributed by atoms with Gasteiger partial charge >= 0.3 is 0 Å². The standard InChI is InChI=1S/C19H13F/c1-12-16-5-3-2-4-13(16)11-19-17(12)8-6-14-10-15(20)7-9-18(14)19/h2-11H,1H3. The van der Waals surface area contributed by atoms with Crippen LogP contribution in [0.25, 0.3) is 32.3 Å². The zero-order valence-corrected chi connectivity index (χ0v) is 11.2. The molecule has 96 valence electrons. The molecule has 4 rings (SSSR count). The Bertz CT molecular complexity index is 967. The lowest BCUT2D eigenvalue weighted by atomic mass is 9.94. The molecule has 0 atom stereocenters. The van der Waals surface area contributed by atoms with E-state index >= 15 is 0 Å². The summed E-state index contributed by atoms with van der Waals surface area (Å²) in [5.41, 5.74) is 1.28. The van der Waals surface area contributed by atoms with Crippen LogP contribution in [0.15, 0.2) is 60.7 Å². The Hall–Kier alpha value is -2.41. The Morgan fingerprint density at radius 2 is 1.40 bits per heavy atom. The third-order valence-electron chi connectivity index (χ3n) is 4.09. The number of hydrogen-bond donors (Lipinski definition) is 0. The summed E-state index contributed by atoms with van der Waals surface area (Å²) in [6.45, 7) is 2.15. The molecule has 0 amide bonds. The molecule has 0 aliphatic rings. The number of benzene rings is 4. The Balaban J connectivity index is 2.27. The SMILES string of the molecule is Cc1c2ccccc2cc2c1ccc1cc(F)ccc12. The molecule has 0 radical (unpaired) electrons. The summed E-state index contributed by atoms with van der Waals surface area (Å²) in [5.74, 6) is -0.186. The van der Waals surface area contributed by atoms with E-state index in [-0.39, 0.29) is 5.82 Å². The maximum absolute atomic E-state index is 13.4. The maximum atomic E-state index is 13.4. The fourth-order valence-corrected chi connectivity index (χ4v) is 3.07. The molecule has 0 unspecified atom stereocenters. The van der Waals surface area contributed by atoms with Crippen molar-refractivity contribution in [3.8, 4) is 0 Å². The van der Waals surface area contributed by atoms with Gasteiger partial charge in [-0.05, 0) is 63.0 Å². The summed E-state index contributed by atoms with van der Waals surface area (Å²) < 4.78 is 13.4. The second-order valence-corrected chi connectivity index (χ2v) is 5.25. The fourth-order valence-electron chi connectivity index (χ4n) is 3.07. The average Bonchev–Trinajstić information content (AvgIpc) is 2.47. The van der Waals surface area contributed by atoms with Crippen LogP contribution < -0.4 is 0 Å². The molecule has 4 aromatic carbocycles. The van der Waals surface area contributed by atoms with Crippen LogP contribution >= 0.6 is 0 Å². The van der Waals surface area contributed by atoms with Gasteiger partial charge in [0.15, 0.2) is 0 Å². The fraction of sp³-hybridized carbons (Fsp3) is 0.0526. The van der Waals surface area contributed by atoms with Crippen molar-refractivity contribution in [1.29, 1.82) is 0 Å². The molecule has 0 aliphatic carbocycles. The number of hydrogen-bond acceptors (Lipinski definition) is 0. The van der Waals surface area contributed by atoms with Crippen molar-refractivity contribution in [2.45, 2.75) is 6.92 Å². The highest BCUT2D eigenvalue weighted by Crippen LogP contribution is 2.32. The van der Waals surface area contributed by atoms with Gasteiger partial charge < -0.3 is 0 Å². The van der Waals surface area contributed by atoms with Crippen molar-refractivity contribution in [2.24, 2.45) is 0 Å². The highest BCUT2D eigenvalue weighted by molar-refractivity contribution is 6.13. The summed E-state index contributed by atoms with van der Waals surface area (Å²) in [6.07, 6.45) is 0. The normalized spacial score (nSPS) is 11.5. The molecular formula is C19H13F. The quantitative estimate of drug-likeness (QED) is 0.285. The van der Waals surface area contributed by atoms with Crippen LogP contribution in [-0.2, 0) is 0 Å². The molecule has 0 saturated heterocycles. The lowest BCUT2D eigenvalue weighted by molar-refractivity contribution is 0.630. The number of aryl methyl sites for hydroxylation is 1. The summed E-state index contributed by atoms with van der Waals surface area (Å²) >= 11 is 0. The first kappa shape index (κ1) is 11.4. The molecule has 0 aliphatic heterocycles. The van der Waals surface area contributed by atoms with Gasteiger partial charge in [-0.25, -0.2) is 4.39 Å².